The summed E-state index contributed by atoms with van der Waals surface area (Å²) >= 11 is 0. The fraction of sp³-hybridized carbons (Fsp3) is 0.263. The number of rotatable bonds is 8. The van der Waals surface area contributed by atoms with Gasteiger partial charge in [-0.3, -0.25) is 4.79 Å². The maximum atomic E-state index is 14.1. The van der Waals surface area contributed by atoms with E-state index in [9.17, 15) is 17.6 Å². The molecule has 1 heterocycles. The van der Waals surface area contributed by atoms with Gasteiger partial charge >= 0.3 is 0 Å². The van der Waals surface area contributed by atoms with Crippen LogP contribution in [0.3, 0.4) is 0 Å². The van der Waals surface area contributed by atoms with Gasteiger partial charge < -0.3 is 10.1 Å². The molecule has 3 rings (SSSR count). The summed E-state index contributed by atoms with van der Waals surface area (Å²) in [5.41, 5.74) is 0.555. The first kappa shape index (κ1) is 21.4. The second-order valence-corrected chi connectivity index (χ2v) is 8.56. The van der Waals surface area contributed by atoms with Crippen LogP contribution < -0.4 is 10.1 Å². The second kappa shape index (κ2) is 8.99. The number of carbonyl (C=O) groups excluding carboxylic acids is 1. The van der Waals surface area contributed by atoms with E-state index in [-0.39, 0.29) is 29.5 Å². The van der Waals surface area contributed by atoms with Crippen LogP contribution in [0.4, 0.5) is 10.1 Å². The molecule has 0 atom stereocenters. The van der Waals surface area contributed by atoms with Gasteiger partial charge in [-0.15, -0.1) is 5.10 Å². The number of carbonyl (C=O) groups is 1. The molecule has 1 aromatic heterocycles. The molecule has 0 radical (unpaired) electrons. The number of aryl methyl sites for hydroxylation is 1. The highest BCUT2D eigenvalue weighted by Crippen LogP contribution is 2.20. The van der Waals surface area contributed by atoms with E-state index in [0.29, 0.717) is 23.7 Å². The lowest BCUT2D eigenvalue weighted by atomic mass is 10.2. The summed E-state index contributed by atoms with van der Waals surface area (Å²) in [5.74, 6) is 0.0922. The number of anilines is 1. The van der Waals surface area contributed by atoms with Crippen LogP contribution in [0.1, 0.15) is 18.7 Å². The Morgan fingerprint density at radius 2 is 1.93 bits per heavy atom. The van der Waals surface area contributed by atoms with Gasteiger partial charge in [-0.05, 0) is 66.2 Å². The number of amides is 1. The van der Waals surface area contributed by atoms with Crippen molar-refractivity contribution in [1.82, 2.24) is 20.2 Å². The highest BCUT2D eigenvalue weighted by atomic mass is 32.2. The highest BCUT2D eigenvalue weighted by molar-refractivity contribution is 7.90. The molecule has 158 valence electrons. The van der Waals surface area contributed by atoms with Gasteiger partial charge in [0.15, 0.2) is 15.7 Å². The molecule has 0 aliphatic rings. The molecule has 0 aliphatic heterocycles. The van der Waals surface area contributed by atoms with Crippen molar-refractivity contribution < 1.29 is 22.3 Å². The molecule has 1 N–H and O–H groups in total. The summed E-state index contributed by atoms with van der Waals surface area (Å²) < 4.78 is 43.9. The van der Waals surface area contributed by atoms with E-state index >= 15 is 0 Å². The molecule has 0 unspecified atom stereocenters. The Labute approximate surface area is 172 Å². The Morgan fingerprint density at radius 3 is 2.57 bits per heavy atom. The van der Waals surface area contributed by atoms with Crippen LogP contribution >= 0.6 is 0 Å². The number of nitrogens with zero attached hydrogens (tertiary/aromatic N) is 4. The minimum atomic E-state index is -3.26. The van der Waals surface area contributed by atoms with Crippen LogP contribution in [0.15, 0.2) is 47.4 Å². The summed E-state index contributed by atoms with van der Waals surface area (Å²) in [7, 11) is -3.26. The molecule has 11 heteroatoms. The van der Waals surface area contributed by atoms with Gasteiger partial charge in [-0.25, -0.2) is 12.8 Å². The normalized spacial score (nSPS) is 11.3. The van der Waals surface area contributed by atoms with Gasteiger partial charge in [0.1, 0.15) is 11.6 Å². The number of aromatic nitrogens is 4. The number of halogens is 1. The van der Waals surface area contributed by atoms with E-state index in [1.165, 1.54) is 35.0 Å². The molecule has 2 aromatic carbocycles. The Hall–Kier alpha value is -3.34. The van der Waals surface area contributed by atoms with Crippen molar-refractivity contribution in [3.63, 3.8) is 0 Å². The number of tetrazole rings is 1. The predicted molar refractivity (Wildman–Crippen MR) is 107 cm³/mol. The first-order valence-corrected chi connectivity index (χ1v) is 10.9. The minimum absolute atomic E-state index is 0.0321. The number of hydrogen-bond acceptors (Lipinski definition) is 7. The predicted octanol–water partition coefficient (Wildman–Crippen LogP) is 2.31. The van der Waals surface area contributed by atoms with Crippen molar-refractivity contribution in [2.24, 2.45) is 0 Å². The number of hydrogen-bond donors (Lipinski definition) is 1. The zero-order chi connectivity index (χ0) is 21.7. The number of nitrogens with one attached hydrogen (secondary N) is 1. The maximum Gasteiger partial charge on any atom is 0.224 e. The van der Waals surface area contributed by atoms with E-state index in [1.54, 1.807) is 19.1 Å². The smallest absolute Gasteiger partial charge is 0.224 e. The lowest BCUT2D eigenvalue weighted by Gasteiger charge is -2.10. The van der Waals surface area contributed by atoms with Gasteiger partial charge in [-0.2, -0.15) is 4.68 Å². The number of ether oxygens (including phenoxy) is 1. The largest absolute Gasteiger partial charge is 0.494 e. The molecule has 0 aliphatic carbocycles. The average Bonchev–Trinajstić information content (AvgIpc) is 3.12. The van der Waals surface area contributed by atoms with Crippen molar-refractivity contribution in [3.8, 4) is 11.4 Å². The molecule has 30 heavy (non-hydrogen) atoms. The van der Waals surface area contributed by atoms with Gasteiger partial charge in [0.25, 0.3) is 0 Å². The lowest BCUT2D eigenvalue weighted by Crippen LogP contribution is -2.14. The van der Waals surface area contributed by atoms with Crippen molar-refractivity contribution in [1.29, 1.82) is 0 Å². The van der Waals surface area contributed by atoms with Crippen LogP contribution in [0.2, 0.25) is 0 Å². The summed E-state index contributed by atoms with van der Waals surface area (Å²) in [6.45, 7) is 1.95. The zero-order valence-corrected chi connectivity index (χ0v) is 17.2. The van der Waals surface area contributed by atoms with Gasteiger partial charge in [0.2, 0.25) is 5.91 Å². The molecular formula is C19H20FN5O4S. The molecular weight excluding hydrogens is 413 g/mol. The van der Waals surface area contributed by atoms with Crippen LogP contribution in [-0.4, -0.2) is 47.4 Å². The monoisotopic (exact) mass is 433 g/mol. The second-order valence-electron chi connectivity index (χ2n) is 6.55. The molecule has 0 saturated heterocycles. The Morgan fingerprint density at radius 1 is 1.20 bits per heavy atom. The van der Waals surface area contributed by atoms with Crippen LogP contribution in [0.5, 0.6) is 5.75 Å². The topological polar surface area (TPSA) is 116 Å². The highest BCUT2D eigenvalue weighted by Gasteiger charge is 2.11. The maximum absolute atomic E-state index is 14.1. The summed E-state index contributed by atoms with van der Waals surface area (Å²) in [4.78, 5) is 12.4. The fourth-order valence-corrected chi connectivity index (χ4v) is 3.26. The lowest BCUT2D eigenvalue weighted by molar-refractivity contribution is -0.116. The molecule has 0 saturated carbocycles. The van der Waals surface area contributed by atoms with Crippen molar-refractivity contribution in [3.05, 3.63) is 54.1 Å². The van der Waals surface area contributed by atoms with Crippen LogP contribution in [0, 0.1) is 12.7 Å². The Bertz CT molecular complexity index is 1150. The summed E-state index contributed by atoms with van der Waals surface area (Å²) in [6, 6.07) is 10.2. The van der Waals surface area contributed by atoms with E-state index in [0.717, 1.165) is 6.26 Å². The third-order valence-corrected chi connectivity index (χ3v) is 5.29. The average molecular weight is 433 g/mol. The molecule has 1 amide bonds. The molecule has 0 fully saturated rings. The Kier molecular flexibility index (Phi) is 6.40. The number of sulfone groups is 1. The first-order chi connectivity index (χ1) is 14.2. The molecule has 0 bridgehead atoms. The minimum Gasteiger partial charge on any atom is -0.494 e. The zero-order valence-electron chi connectivity index (χ0n) is 16.4. The number of benzene rings is 2. The fourth-order valence-electron chi connectivity index (χ4n) is 2.63. The third kappa shape index (κ3) is 5.38. The van der Waals surface area contributed by atoms with E-state index < -0.39 is 15.7 Å². The van der Waals surface area contributed by atoms with Crippen molar-refractivity contribution >= 4 is 21.4 Å². The quantitative estimate of drug-likeness (QED) is 0.542. The van der Waals surface area contributed by atoms with Crippen molar-refractivity contribution in [2.45, 2.75) is 24.7 Å². The van der Waals surface area contributed by atoms with Crippen molar-refractivity contribution in [2.75, 3.05) is 18.2 Å². The first-order valence-electron chi connectivity index (χ1n) is 9.02. The Balaban J connectivity index is 1.51. The van der Waals surface area contributed by atoms with Gasteiger partial charge in [0.05, 0.1) is 22.9 Å². The third-order valence-electron chi connectivity index (χ3n) is 4.16. The molecule has 9 nitrogen and oxygen atoms in total. The SMILES string of the molecule is Cc1nnnn1-c1ccc(F)c(NC(=O)CCCOc2ccc(S(C)(=O)=O)cc2)c1. The summed E-state index contributed by atoms with van der Waals surface area (Å²) in [5, 5.41) is 13.7. The van der Waals surface area contributed by atoms with Gasteiger partial charge in [-0.1, -0.05) is 0 Å². The molecule has 3 aromatic rings. The standard InChI is InChI=1S/C19H20FN5O4S/c1-13-22-23-24-25(13)14-5-10-17(20)18(12-14)21-19(26)4-3-11-29-15-6-8-16(9-7-15)30(2,27)28/h5-10,12H,3-4,11H2,1-2H3,(H,21,26). The van der Waals surface area contributed by atoms with E-state index in [1.807, 2.05) is 0 Å². The van der Waals surface area contributed by atoms with Gasteiger partial charge in [0, 0.05) is 12.7 Å². The van der Waals surface area contributed by atoms with E-state index in [4.69, 9.17) is 4.74 Å². The summed E-state index contributed by atoms with van der Waals surface area (Å²) in [6.07, 6.45) is 1.64. The van der Waals surface area contributed by atoms with Crippen LogP contribution in [0.25, 0.3) is 5.69 Å². The van der Waals surface area contributed by atoms with E-state index in [2.05, 4.69) is 20.8 Å². The molecule has 0 spiro atoms. The van der Waals surface area contributed by atoms with Crippen LogP contribution in [-0.2, 0) is 14.6 Å².